The molecule has 0 spiro atoms. The molecule has 16 heteroatoms. The number of carbonyl (C=O) groups is 7. The normalized spacial score (nSPS) is 15.1. The summed E-state index contributed by atoms with van der Waals surface area (Å²) in [4.78, 5) is 93.0. The van der Waals surface area contributed by atoms with Gasteiger partial charge in [-0.05, 0) is 104 Å². The Kier molecular flexibility index (Phi) is 16.2. The Morgan fingerprint density at radius 3 is 2.19 bits per heavy atom. The fourth-order valence-corrected chi connectivity index (χ4v) is 8.26. The predicted molar refractivity (Wildman–Crippen MR) is 245 cm³/mol. The molecule has 16 nitrogen and oxygen atoms in total. The number of nitrogens with zero attached hydrogens (tertiary/aromatic N) is 1. The molecule has 3 atom stereocenters. The molecule has 352 valence electrons. The van der Waals surface area contributed by atoms with Crippen molar-refractivity contribution < 1.29 is 62.4 Å². The number of benzene rings is 4. The molecule has 0 saturated carbocycles. The number of aryl methyl sites for hydroxylation is 1. The number of piperidine rings is 1. The van der Waals surface area contributed by atoms with Crippen molar-refractivity contribution >= 4 is 47.3 Å². The first-order valence-electron chi connectivity index (χ1n) is 21.9. The van der Waals surface area contributed by atoms with Gasteiger partial charge < -0.3 is 44.3 Å². The number of methoxy groups -OCH3 is 2. The van der Waals surface area contributed by atoms with Crippen molar-refractivity contribution in [3.63, 3.8) is 0 Å². The first-order valence-corrected chi connectivity index (χ1v) is 21.9. The zero-order valence-corrected chi connectivity index (χ0v) is 37.9. The summed E-state index contributed by atoms with van der Waals surface area (Å²) in [6.07, 6.45) is 0.342. The standard InChI is InChI=1S/C51H55N3O13/c1-6-45(56)66-30-51(2,3)46(57)47(58)54-25-12-11-20-40(54)49(61)67-41(23-21-31-22-24-42(63-4)43(26-31)64-5)32-14-13-15-33(27-32)52-44(55)28-39(48(59)60)53-50(62)65-29-38-36-18-9-7-16-34(36)35-17-8-10-19-37(35)38/h6-10,13-19,22,24,26-27,38-41H,1,11-12,20-21,23,25,28-30H2,2-5H3,(H,52,55)(H,53,62)(H,59,60)/t39-,40-,41+/m0/s1. The average molecular weight is 918 g/mol. The van der Waals surface area contributed by atoms with E-state index >= 15 is 0 Å². The van der Waals surface area contributed by atoms with Crippen LogP contribution < -0.4 is 20.1 Å². The van der Waals surface area contributed by atoms with Gasteiger partial charge >= 0.3 is 24.0 Å². The quantitative estimate of drug-likeness (QED) is 0.0355. The number of carboxylic acids is 1. The van der Waals surface area contributed by atoms with Gasteiger partial charge in [0.1, 0.15) is 31.4 Å². The molecule has 0 radical (unpaired) electrons. The minimum atomic E-state index is -1.63. The van der Waals surface area contributed by atoms with Crippen LogP contribution in [0.3, 0.4) is 0 Å². The third-order valence-corrected chi connectivity index (χ3v) is 11.9. The average Bonchev–Trinajstić information content (AvgIpc) is 3.66. The van der Waals surface area contributed by atoms with Gasteiger partial charge in [-0.25, -0.2) is 19.2 Å². The van der Waals surface area contributed by atoms with Gasteiger partial charge in [-0.3, -0.25) is 14.4 Å². The summed E-state index contributed by atoms with van der Waals surface area (Å²) in [7, 11) is 3.03. The van der Waals surface area contributed by atoms with E-state index in [2.05, 4.69) is 17.2 Å². The summed E-state index contributed by atoms with van der Waals surface area (Å²) < 4.78 is 27.7. The molecule has 6 rings (SSSR count). The summed E-state index contributed by atoms with van der Waals surface area (Å²) in [6.45, 7) is 5.99. The van der Waals surface area contributed by atoms with Crippen molar-refractivity contribution in [3.05, 3.63) is 126 Å². The lowest BCUT2D eigenvalue weighted by Gasteiger charge is -2.36. The predicted octanol–water partition coefficient (Wildman–Crippen LogP) is 6.95. The summed E-state index contributed by atoms with van der Waals surface area (Å²) >= 11 is 0. The molecule has 0 bridgehead atoms. The first-order chi connectivity index (χ1) is 32.1. The minimum absolute atomic E-state index is 0.0522. The molecule has 4 aromatic carbocycles. The van der Waals surface area contributed by atoms with Gasteiger partial charge in [0.15, 0.2) is 11.5 Å². The molecule has 1 saturated heterocycles. The largest absolute Gasteiger partial charge is 0.493 e. The SMILES string of the molecule is C=CC(=O)OCC(C)(C)C(=O)C(=O)N1CCCC[C@H]1C(=O)O[C@H](CCc1ccc(OC)c(OC)c1)c1cccc(NC(=O)C[C@H](NC(=O)OCC2c3ccccc3-c3ccccc32)C(=O)O)c1. The van der Waals surface area contributed by atoms with E-state index in [-0.39, 0.29) is 44.2 Å². The van der Waals surface area contributed by atoms with E-state index in [9.17, 15) is 38.7 Å². The number of nitrogens with one attached hydrogen (secondary N) is 2. The lowest BCUT2D eigenvalue weighted by atomic mass is 9.87. The molecule has 3 N–H and O–H groups in total. The van der Waals surface area contributed by atoms with Crippen molar-refractivity contribution in [1.29, 1.82) is 0 Å². The van der Waals surface area contributed by atoms with Gasteiger partial charge in [0.25, 0.3) is 5.91 Å². The molecule has 0 unspecified atom stereocenters. The zero-order chi connectivity index (χ0) is 48.3. The number of anilines is 1. The van der Waals surface area contributed by atoms with E-state index < -0.39 is 71.6 Å². The highest BCUT2D eigenvalue weighted by Crippen LogP contribution is 2.44. The number of rotatable bonds is 20. The van der Waals surface area contributed by atoms with E-state index in [4.69, 9.17) is 23.7 Å². The number of amides is 3. The van der Waals surface area contributed by atoms with E-state index in [1.807, 2.05) is 54.6 Å². The van der Waals surface area contributed by atoms with Crippen LogP contribution in [0.4, 0.5) is 10.5 Å². The molecule has 67 heavy (non-hydrogen) atoms. The molecular weight excluding hydrogens is 863 g/mol. The van der Waals surface area contributed by atoms with Crippen LogP contribution in [0.5, 0.6) is 11.5 Å². The molecule has 4 aromatic rings. The van der Waals surface area contributed by atoms with Crippen molar-refractivity contribution in [3.8, 4) is 22.6 Å². The topological polar surface area (TPSA) is 213 Å². The van der Waals surface area contributed by atoms with E-state index in [0.717, 1.165) is 33.9 Å². The van der Waals surface area contributed by atoms with Crippen molar-refractivity contribution in [2.45, 2.75) is 76.5 Å². The third kappa shape index (κ3) is 12.1. The number of hydrogen-bond donors (Lipinski definition) is 3. The van der Waals surface area contributed by atoms with Crippen LogP contribution in [-0.2, 0) is 49.4 Å². The van der Waals surface area contributed by atoms with Crippen molar-refractivity contribution in [1.82, 2.24) is 10.2 Å². The van der Waals surface area contributed by atoms with Crippen molar-refractivity contribution in [2.24, 2.45) is 5.41 Å². The number of hydrogen-bond acceptors (Lipinski definition) is 12. The van der Waals surface area contributed by atoms with Crippen LogP contribution in [0.2, 0.25) is 0 Å². The Morgan fingerprint density at radius 2 is 1.54 bits per heavy atom. The second-order valence-electron chi connectivity index (χ2n) is 16.9. The molecule has 0 aromatic heterocycles. The van der Waals surface area contributed by atoms with E-state index in [1.165, 1.54) is 33.0 Å². The number of esters is 2. The maximum absolute atomic E-state index is 14.2. The Hall–Kier alpha value is -7.49. The van der Waals surface area contributed by atoms with E-state index in [1.54, 1.807) is 36.4 Å². The molecule has 3 amide bonds. The van der Waals surface area contributed by atoms with Gasteiger partial charge in [-0.15, -0.1) is 0 Å². The van der Waals surface area contributed by atoms with Gasteiger partial charge in [-0.2, -0.15) is 0 Å². The second kappa shape index (κ2) is 22.1. The minimum Gasteiger partial charge on any atom is -0.493 e. The Bertz CT molecular complexity index is 2470. The number of aliphatic carboxylic acids is 1. The monoisotopic (exact) mass is 917 g/mol. The van der Waals surface area contributed by atoms with Crippen LogP contribution >= 0.6 is 0 Å². The second-order valence-corrected chi connectivity index (χ2v) is 16.9. The number of alkyl carbamates (subject to hydrolysis) is 1. The highest BCUT2D eigenvalue weighted by atomic mass is 16.6. The van der Waals surface area contributed by atoms with Gasteiger partial charge in [0.2, 0.25) is 11.7 Å². The zero-order valence-electron chi connectivity index (χ0n) is 37.9. The molecule has 1 aliphatic heterocycles. The summed E-state index contributed by atoms with van der Waals surface area (Å²) in [5, 5.41) is 15.0. The number of ketones is 1. The van der Waals surface area contributed by atoms with Gasteiger partial charge in [0.05, 0.1) is 26.1 Å². The van der Waals surface area contributed by atoms with Crippen LogP contribution in [0, 0.1) is 5.41 Å². The van der Waals surface area contributed by atoms with Gasteiger partial charge in [0, 0.05) is 24.2 Å². The van der Waals surface area contributed by atoms with Gasteiger partial charge in [-0.1, -0.05) is 73.3 Å². The van der Waals surface area contributed by atoms with E-state index in [0.29, 0.717) is 36.3 Å². The highest BCUT2D eigenvalue weighted by Gasteiger charge is 2.42. The Balaban J connectivity index is 1.15. The van der Waals surface area contributed by atoms with Crippen LogP contribution in [-0.4, -0.2) is 97.7 Å². The van der Waals surface area contributed by atoms with Crippen LogP contribution in [0.1, 0.15) is 80.2 Å². The fraction of sp³-hybridized carbons (Fsp3) is 0.353. The first kappa shape index (κ1) is 49.0. The van der Waals surface area contributed by atoms with Crippen LogP contribution in [0.25, 0.3) is 11.1 Å². The molecule has 2 aliphatic rings. The molecular formula is C51H55N3O13. The summed E-state index contributed by atoms with van der Waals surface area (Å²) in [5.41, 5.74) is 4.17. The molecule has 1 aliphatic carbocycles. The highest BCUT2D eigenvalue weighted by molar-refractivity contribution is 6.38. The molecule has 1 fully saturated rings. The van der Waals surface area contributed by atoms with Crippen molar-refractivity contribution in [2.75, 3.05) is 39.3 Å². The third-order valence-electron chi connectivity index (χ3n) is 11.9. The maximum atomic E-state index is 14.2. The maximum Gasteiger partial charge on any atom is 0.407 e. The Morgan fingerprint density at radius 1 is 0.851 bits per heavy atom. The van der Waals surface area contributed by atoms with Crippen LogP contribution in [0.15, 0.2) is 104 Å². The lowest BCUT2D eigenvalue weighted by Crippen LogP contribution is -2.53. The summed E-state index contributed by atoms with van der Waals surface area (Å²) in [5.74, 6) is -4.65. The Labute approximate surface area is 388 Å². The lowest BCUT2D eigenvalue weighted by molar-refractivity contribution is -0.165. The number of carboxylic acid groups (broad SMARTS) is 1. The summed E-state index contributed by atoms with van der Waals surface area (Å²) in [6, 6.07) is 24.7. The number of Topliss-reactive ketones (excluding diaryl/α,β-unsaturated/α-hetero) is 1. The number of fused-ring (bicyclic) bond motifs is 3. The molecule has 1 heterocycles. The number of carbonyl (C=O) groups excluding carboxylic acids is 6. The number of likely N-dealkylation sites (tertiary alicyclic amines) is 1. The number of ether oxygens (including phenoxy) is 5. The smallest absolute Gasteiger partial charge is 0.407 e. The fourth-order valence-electron chi connectivity index (χ4n) is 8.26.